The van der Waals surface area contributed by atoms with Crippen molar-refractivity contribution < 1.29 is 17.6 Å². The number of primary amides is 1. The van der Waals surface area contributed by atoms with E-state index in [4.69, 9.17) is 10.2 Å². The molecule has 0 unspecified atom stereocenters. The maximum atomic E-state index is 13.0. The smallest absolute Gasteiger partial charge is 0.243 e. The number of nitrogens with zero attached hydrogens (tertiary/aromatic N) is 4. The van der Waals surface area contributed by atoms with E-state index in [2.05, 4.69) is 18.0 Å². The number of hydrogen-bond acceptors (Lipinski definition) is 7. The minimum absolute atomic E-state index is 0.163. The molecule has 2 aliphatic rings. The van der Waals surface area contributed by atoms with Crippen molar-refractivity contribution in [3.63, 3.8) is 0 Å². The highest BCUT2D eigenvalue weighted by Crippen LogP contribution is 2.32. The van der Waals surface area contributed by atoms with E-state index in [0.717, 1.165) is 12.8 Å². The summed E-state index contributed by atoms with van der Waals surface area (Å²) in [5.41, 5.74) is 6.15. The number of carbonyl (C=O) groups excluding carboxylic acids is 1. The second-order valence-corrected chi connectivity index (χ2v) is 10.5. The van der Waals surface area contributed by atoms with Crippen LogP contribution in [0.4, 0.5) is 5.88 Å². The van der Waals surface area contributed by atoms with Crippen LogP contribution in [-0.2, 0) is 14.8 Å². The molecule has 0 saturated carbocycles. The van der Waals surface area contributed by atoms with Gasteiger partial charge in [0.2, 0.25) is 33.4 Å². The third-order valence-corrected chi connectivity index (χ3v) is 8.14. The van der Waals surface area contributed by atoms with Crippen LogP contribution in [0.2, 0.25) is 0 Å². The molecule has 32 heavy (non-hydrogen) atoms. The lowest BCUT2D eigenvalue weighted by molar-refractivity contribution is -0.122. The largest absolute Gasteiger partial charge is 0.419 e. The lowest BCUT2D eigenvalue weighted by Gasteiger charge is -2.30. The van der Waals surface area contributed by atoms with Crippen LogP contribution >= 0.6 is 0 Å². The lowest BCUT2D eigenvalue weighted by atomic mass is 9.96. The molecule has 0 spiro atoms. The number of nitrogens with two attached hydrogens (primary N) is 1. The van der Waals surface area contributed by atoms with Crippen molar-refractivity contribution in [2.24, 2.45) is 17.6 Å². The van der Waals surface area contributed by atoms with Crippen LogP contribution in [0.15, 0.2) is 33.6 Å². The second-order valence-electron chi connectivity index (χ2n) is 8.58. The number of piperidine rings is 2. The van der Waals surface area contributed by atoms with Gasteiger partial charge in [-0.15, -0.1) is 0 Å². The van der Waals surface area contributed by atoms with Gasteiger partial charge in [0.1, 0.15) is 6.07 Å². The van der Waals surface area contributed by atoms with Crippen molar-refractivity contribution in [3.05, 3.63) is 30.0 Å². The van der Waals surface area contributed by atoms with E-state index in [1.54, 1.807) is 28.6 Å². The van der Waals surface area contributed by atoms with Gasteiger partial charge in [0.15, 0.2) is 0 Å². The Balaban J connectivity index is 1.54. The Morgan fingerprint density at radius 1 is 1.19 bits per heavy atom. The first kappa shape index (κ1) is 22.3. The summed E-state index contributed by atoms with van der Waals surface area (Å²) in [5.74, 6) is 0.489. The number of aromatic nitrogens is 1. The van der Waals surface area contributed by atoms with Crippen molar-refractivity contribution in [1.29, 1.82) is 5.26 Å². The number of hydrogen-bond donors (Lipinski definition) is 1. The maximum Gasteiger partial charge on any atom is 0.243 e. The van der Waals surface area contributed by atoms with E-state index in [1.807, 2.05) is 4.90 Å². The van der Waals surface area contributed by atoms with Crippen molar-refractivity contribution in [2.75, 3.05) is 31.1 Å². The zero-order valence-corrected chi connectivity index (χ0v) is 18.8. The van der Waals surface area contributed by atoms with Gasteiger partial charge < -0.3 is 15.1 Å². The molecular weight excluding hydrogens is 430 g/mol. The van der Waals surface area contributed by atoms with Gasteiger partial charge in [-0.1, -0.05) is 6.92 Å². The van der Waals surface area contributed by atoms with Crippen LogP contribution in [0.5, 0.6) is 0 Å². The van der Waals surface area contributed by atoms with Gasteiger partial charge in [0, 0.05) is 37.7 Å². The van der Waals surface area contributed by atoms with E-state index in [0.29, 0.717) is 56.4 Å². The Morgan fingerprint density at radius 3 is 2.47 bits per heavy atom. The van der Waals surface area contributed by atoms with Crippen LogP contribution in [0.25, 0.3) is 11.5 Å². The minimum Gasteiger partial charge on any atom is -0.419 e. The number of amides is 1. The lowest BCUT2D eigenvalue weighted by Crippen LogP contribution is -2.39. The fourth-order valence-electron chi connectivity index (χ4n) is 4.37. The Labute approximate surface area is 187 Å². The fraction of sp³-hybridized carbons (Fsp3) is 0.500. The zero-order chi connectivity index (χ0) is 22.9. The monoisotopic (exact) mass is 457 g/mol. The Kier molecular flexibility index (Phi) is 6.22. The summed E-state index contributed by atoms with van der Waals surface area (Å²) < 4.78 is 33.4. The average Bonchev–Trinajstić information content (AvgIpc) is 3.24. The van der Waals surface area contributed by atoms with Crippen molar-refractivity contribution in [2.45, 2.75) is 37.5 Å². The first-order valence-electron chi connectivity index (χ1n) is 10.9. The molecule has 1 aromatic heterocycles. The number of rotatable bonds is 5. The Morgan fingerprint density at radius 2 is 1.88 bits per heavy atom. The molecule has 1 aromatic carbocycles. The van der Waals surface area contributed by atoms with E-state index in [1.165, 1.54) is 0 Å². The third-order valence-electron chi connectivity index (χ3n) is 6.26. The molecule has 0 radical (unpaired) electrons. The SMILES string of the molecule is C[C@H]1CCCN(S(=O)(=O)c2ccc(-c3nc(C#N)c(N4CCC(C(N)=O)CC4)o3)cc2)C1. The van der Waals surface area contributed by atoms with E-state index in [9.17, 15) is 18.5 Å². The number of sulfonamides is 1. The molecule has 9 nitrogen and oxygen atoms in total. The highest BCUT2D eigenvalue weighted by atomic mass is 32.2. The van der Waals surface area contributed by atoms with Crippen molar-refractivity contribution in [3.8, 4) is 17.5 Å². The first-order chi connectivity index (χ1) is 15.3. The molecule has 2 aromatic rings. The third kappa shape index (κ3) is 4.36. The molecule has 1 atom stereocenters. The minimum atomic E-state index is -3.55. The van der Waals surface area contributed by atoms with Gasteiger partial charge in [0.05, 0.1) is 4.90 Å². The van der Waals surface area contributed by atoms with Gasteiger partial charge in [-0.3, -0.25) is 4.79 Å². The number of benzene rings is 1. The van der Waals surface area contributed by atoms with Crippen molar-refractivity contribution >= 4 is 21.8 Å². The molecule has 0 aliphatic carbocycles. The summed E-state index contributed by atoms with van der Waals surface area (Å²) >= 11 is 0. The van der Waals surface area contributed by atoms with Crippen LogP contribution in [-0.4, -0.2) is 49.8 Å². The second kappa shape index (κ2) is 8.92. The highest BCUT2D eigenvalue weighted by molar-refractivity contribution is 7.89. The summed E-state index contributed by atoms with van der Waals surface area (Å²) in [6.45, 7) is 4.22. The predicted molar refractivity (Wildman–Crippen MR) is 118 cm³/mol. The quantitative estimate of drug-likeness (QED) is 0.728. The Hall–Kier alpha value is -2.90. The Bertz CT molecular complexity index is 1130. The van der Waals surface area contributed by atoms with Crippen LogP contribution < -0.4 is 10.6 Å². The van der Waals surface area contributed by atoms with Gasteiger partial charge in [-0.25, -0.2) is 8.42 Å². The molecule has 2 N–H and O–H groups in total. The summed E-state index contributed by atoms with van der Waals surface area (Å²) in [5, 5.41) is 9.51. The van der Waals surface area contributed by atoms with Gasteiger partial charge in [0.25, 0.3) is 0 Å². The standard InChI is InChI=1S/C22H27N5O4S/c1-15-3-2-10-27(14-15)32(29,30)18-6-4-17(5-7-18)21-25-19(13-23)22(31-21)26-11-8-16(9-12-26)20(24)28/h4-7,15-16H,2-3,8-12,14H2,1H3,(H2,24,28)/t15-/m0/s1. The van der Waals surface area contributed by atoms with Crippen LogP contribution in [0.3, 0.4) is 0 Å². The molecule has 2 fully saturated rings. The number of nitriles is 1. The molecule has 3 heterocycles. The van der Waals surface area contributed by atoms with Gasteiger partial charge >= 0.3 is 0 Å². The van der Waals surface area contributed by atoms with E-state index in [-0.39, 0.29) is 28.3 Å². The molecule has 2 aliphatic heterocycles. The average molecular weight is 458 g/mol. The topological polar surface area (TPSA) is 134 Å². The van der Waals surface area contributed by atoms with Crippen molar-refractivity contribution in [1.82, 2.24) is 9.29 Å². The zero-order valence-electron chi connectivity index (χ0n) is 18.0. The summed E-state index contributed by atoms with van der Waals surface area (Å²) in [7, 11) is -3.55. The van der Waals surface area contributed by atoms with Gasteiger partial charge in [-0.05, 0) is 55.9 Å². The number of carbonyl (C=O) groups is 1. The highest BCUT2D eigenvalue weighted by Gasteiger charge is 2.30. The predicted octanol–water partition coefficient (Wildman–Crippen LogP) is 2.34. The number of anilines is 1. The molecule has 4 rings (SSSR count). The molecule has 10 heteroatoms. The van der Waals surface area contributed by atoms with Crippen LogP contribution in [0, 0.1) is 23.2 Å². The fourth-order valence-corrected chi connectivity index (χ4v) is 5.97. The molecule has 0 bridgehead atoms. The van der Waals surface area contributed by atoms with Gasteiger partial charge in [-0.2, -0.15) is 14.6 Å². The van der Waals surface area contributed by atoms with E-state index >= 15 is 0 Å². The summed E-state index contributed by atoms with van der Waals surface area (Å²) in [6.07, 6.45) is 3.10. The number of oxazole rings is 1. The summed E-state index contributed by atoms with van der Waals surface area (Å²) in [6, 6.07) is 8.46. The van der Waals surface area contributed by atoms with E-state index < -0.39 is 10.0 Å². The van der Waals surface area contributed by atoms with Crippen LogP contribution in [0.1, 0.15) is 38.3 Å². The molecule has 1 amide bonds. The summed E-state index contributed by atoms with van der Waals surface area (Å²) in [4.78, 5) is 17.8. The maximum absolute atomic E-state index is 13.0. The first-order valence-corrected chi connectivity index (χ1v) is 12.3. The molecule has 2 saturated heterocycles. The molecular formula is C22H27N5O4S. The molecule has 170 valence electrons. The normalized spacial score (nSPS) is 20.8.